The average Bonchev–Trinajstić information content (AvgIpc) is 2.56. The summed E-state index contributed by atoms with van der Waals surface area (Å²) in [7, 11) is 0. The monoisotopic (exact) mass is 210 g/mol. The Morgan fingerprint density at radius 3 is 2.27 bits per heavy atom. The van der Waals surface area contributed by atoms with E-state index in [2.05, 4.69) is 10.6 Å². The van der Waals surface area contributed by atoms with Crippen molar-refractivity contribution in [1.29, 1.82) is 0 Å². The summed E-state index contributed by atoms with van der Waals surface area (Å²) in [5, 5.41) is 7.38. The third-order valence-electron chi connectivity index (χ3n) is 3.92. The molecule has 2 fully saturated rings. The number of hydrogen-bond acceptors (Lipinski definition) is 2. The van der Waals surface area contributed by atoms with Crippen LogP contribution >= 0.6 is 0 Å². The van der Waals surface area contributed by atoms with Crippen molar-refractivity contribution in [2.24, 2.45) is 0 Å². The standard InChI is InChI=1S/C13H26N2/c1-2-4-8-12(7-3-1)15-11-13-9-5-6-10-14-13/h12-15H,1-11H2. The highest BCUT2D eigenvalue weighted by atomic mass is 15.0. The van der Waals surface area contributed by atoms with Gasteiger partial charge in [-0.3, -0.25) is 0 Å². The largest absolute Gasteiger partial charge is 0.313 e. The Hall–Kier alpha value is -0.0800. The van der Waals surface area contributed by atoms with E-state index in [0.717, 1.165) is 12.1 Å². The summed E-state index contributed by atoms with van der Waals surface area (Å²) >= 11 is 0. The van der Waals surface area contributed by atoms with Crippen LogP contribution in [0.5, 0.6) is 0 Å². The van der Waals surface area contributed by atoms with Gasteiger partial charge in [-0.1, -0.05) is 32.1 Å². The van der Waals surface area contributed by atoms with Gasteiger partial charge in [0.25, 0.3) is 0 Å². The number of rotatable bonds is 3. The van der Waals surface area contributed by atoms with E-state index in [1.807, 2.05) is 0 Å². The van der Waals surface area contributed by atoms with Crippen LogP contribution in [-0.2, 0) is 0 Å². The first-order valence-electron chi connectivity index (χ1n) is 6.92. The molecule has 2 N–H and O–H groups in total. The molecule has 0 amide bonds. The van der Waals surface area contributed by atoms with Crippen LogP contribution in [-0.4, -0.2) is 25.2 Å². The van der Waals surface area contributed by atoms with Gasteiger partial charge in [0.15, 0.2) is 0 Å². The molecule has 1 saturated heterocycles. The first kappa shape index (κ1) is 11.4. The van der Waals surface area contributed by atoms with Crippen molar-refractivity contribution < 1.29 is 0 Å². The molecule has 2 rings (SSSR count). The van der Waals surface area contributed by atoms with E-state index in [9.17, 15) is 0 Å². The summed E-state index contributed by atoms with van der Waals surface area (Å²) in [6, 6.07) is 1.57. The van der Waals surface area contributed by atoms with Crippen molar-refractivity contribution in [3.05, 3.63) is 0 Å². The molecular weight excluding hydrogens is 184 g/mol. The Morgan fingerprint density at radius 1 is 0.867 bits per heavy atom. The zero-order chi connectivity index (χ0) is 10.3. The molecule has 1 atom stereocenters. The van der Waals surface area contributed by atoms with Gasteiger partial charge in [-0.05, 0) is 32.2 Å². The van der Waals surface area contributed by atoms with E-state index in [0.29, 0.717) is 0 Å². The molecule has 0 aromatic carbocycles. The minimum absolute atomic E-state index is 0.752. The minimum atomic E-state index is 0.752. The van der Waals surface area contributed by atoms with Crippen LogP contribution in [0.15, 0.2) is 0 Å². The molecule has 2 heteroatoms. The van der Waals surface area contributed by atoms with Crippen molar-refractivity contribution in [3.63, 3.8) is 0 Å². The van der Waals surface area contributed by atoms with Gasteiger partial charge in [0.05, 0.1) is 0 Å². The Morgan fingerprint density at radius 2 is 1.60 bits per heavy atom. The summed E-state index contributed by atoms with van der Waals surface area (Å²) in [6.07, 6.45) is 12.8. The molecule has 0 radical (unpaired) electrons. The van der Waals surface area contributed by atoms with Crippen molar-refractivity contribution in [2.75, 3.05) is 13.1 Å². The molecule has 15 heavy (non-hydrogen) atoms. The maximum Gasteiger partial charge on any atom is 0.0192 e. The third-order valence-corrected chi connectivity index (χ3v) is 3.92. The van der Waals surface area contributed by atoms with Crippen molar-refractivity contribution in [1.82, 2.24) is 10.6 Å². The fourth-order valence-electron chi connectivity index (χ4n) is 2.89. The number of nitrogens with one attached hydrogen (secondary N) is 2. The molecule has 1 heterocycles. The van der Waals surface area contributed by atoms with Crippen LogP contribution in [0.3, 0.4) is 0 Å². The quantitative estimate of drug-likeness (QED) is 0.699. The Balaban J connectivity index is 1.62. The lowest BCUT2D eigenvalue weighted by Gasteiger charge is -2.26. The Kier molecular flexibility index (Phi) is 4.94. The SMILES string of the molecule is C1CCCC(NCC2CCCCN2)CC1. The predicted octanol–water partition coefficient (Wildman–Crippen LogP) is 2.44. The topological polar surface area (TPSA) is 24.1 Å². The summed E-state index contributed by atoms with van der Waals surface area (Å²) in [5.41, 5.74) is 0. The van der Waals surface area contributed by atoms with Crippen LogP contribution in [0.1, 0.15) is 57.8 Å². The molecule has 2 aliphatic rings. The second-order valence-electron chi connectivity index (χ2n) is 5.24. The maximum atomic E-state index is 3.77. The second kappa shape index (κ2) is 6.49. The van der Waals surface area contributed by atoms with Crippen LogP contribution in [0.4, 0.5) is 0 Å². The van der Waals surface area contributed by atoms with Crippen molar-refractivity contribution >= 4 is 0 Å². The van der Waals surface area contributed by atoms with Gasteiger partial charge >= 0.3 is 0 Å². The first-order valence-corrected chi connectivity index (χ1v) is 6.92. The summed E-state index contributed by atoms with van der Waals surface area (Å²) in [4.78, 5) is 0. The fourth-order valence-corrected chi connectivity index (χ4v) is 2.89. The van der Waals surface area contributed by atoms with E-state index >= 15 is 0 Å². The molecule has 1 saturated carbocycles. The van der Waals surface area contributed by atoms with Crippen LogP contribution in [0, 0.1) is 0 Å². The van der Waals surface area contributed by atoms with Gasteiger partial charge in [0.1, 0.15) is 0 Å². The van der Waals surface area contributed by atoms with Crippen LogP contribution < -0.4 is 10.6 Å². The Bertz CT molecular complexity index is 156. The van der Waals surface area contributed by atoms with Gasteiger partial charge in [0, 0.05) is 18.6 Å². The van der Waals surface area contributed by atoms with Crippen LogP contribution in [0.2, 0.25) is 0 Å². The van der Waals surface area contributed by atoms with E-state index in [1.54, 1.807) is 0 Å². The summed E-state index contributed by atoms with van der Waals surface area (Å²) < 4.78 is 0. The first-order chi connectivity index (χ1) is 7.45. The normalized spacial score (nSPS) is 30.0. The zero-order valence-corrected chi connectivity index (χ0v) is 9.93. The fraction of sp³-hybridized carbons (Fsp3) is 1.00. The van der Waals surface area contributed by atoms with Gasteiger partial charge in [-0.15, -0.1) is 0 Å². The van der Waals surface area contributed by atoms with E-state index < -0.39 is 0 Å². The summed E-state index contributed by atoms with van der Waals surface area (Å²) in [6.45, 7) is 2.43. The lowest BCUT2D eigenvalue weighted by molar-refractivity contribution is 0.354. The molecule has 0 spiro atoms. The maximum absolute atomic E-state index is 3.77. The average molecular weight is 210 g/mol. The second-order valence-corrected chi connectivity index (χ2v) is 5.24. The third kappa shape index (κ3) is 4.12. The molecular formula is C13H26N2. The van der Waals surface area contributed by atoms with Gasteiger partial charge < -0.3 is 10.6 Å². The molecule has 1 unspecified atom stereocenters. The van der Waals surface area contributed by atoms with Crippen molar-refractivity contribution in [2.45, 2.75) is 69.9 Å². The number of piperidine rings is 1. The Labute approximate surface area is 94.2 Å². The highest BCUT2D eigenvalue weighted by Crippen LogP contribution is 2.17. The van der Waals surface area contributed by atoms with Gasteiger partial charge in [-0.25, -0.2) is 0 Å². The lowest BCUT2D eigenvalue weighted by atomic mass is 10.0. The minimum Gasteiger partial charge on any atom is -0.313 e. The smallest absolute Gasteiger partial charge is 0.0192 e. The molecule has 88 valence electrons. The molecule has 0 aromatic heterocycles. The molecule has 0 bridgehead atoms. The lowest BCUT2D eigenvalue weighted by Crippen LogP contribution is -2.44. The molecule has 2 nitrogen and oxygen atoms in total. The van der Waals surface area contributed by atoms with E-state index in [4.69, 9.17) is 0 Å². The predicted molar refractivity (Wildman–Crippen MR) is 65.1 cm³/mol. The molecule has 1 aliphatic carbocycles. The van der Waals surface area contributed by atoms with Crippen molar-refractivity contribution in [3.8, 4) is 0 Å². The highest BCUT2D eigenvalue weighted by Gasteiger charge is 2.15. The highest BCUT2D eigenvalue weighted by molar-refractivity contribution is 4.78. The van der Waals surface area contributed by atoms with E-state index in [-0.39, 0.29) is 0 Å². The number of hydrogen-bond donors (Lipinski definition) is 2. The van der Waals surface area contributed by atoms with Crippen LogP contribution in [0.25, 0.3) is 0 Å². The van der Waals surface area contributed by atoms with E-state index in [1.165, 1.54) is 70.9 Å². The summed E-state index contributed by atoms with van der Waals surface area (Å²) in [5.74, 6) is 0. The zero-order valence-electron chi connectivity index (χ0n) is 9.93. The molecule has 0 aromatic rings. The van der Waals surface area contributed by atoms with Gasteiger partial charge in [-0.2, -0.15) is 0 Å². The van der Waals surface area contributed by atoms with Gasteiger partial charge in [0.2, 0.25) is 0 Å². The molecule has 1 aliphatic heterocycles.